The Labute approximate surface area is 138 Å². The summed E-state index contributed by atoms with van der Waals surface area (Å²) in [6.45, 7) is 2.56. The van der Waals surface area contributed by atoms with Crippen LogP contribution >= 0.6 is 0 Å². The predicted octanol–water partition coefficient (Wildman–Crippen LogP) is 3.39. The number of anilines is 1. The molecule has 0 aliphatic heterocycles. The number of aromatic amines is 1. The highest BCUT2D eigenvalue weighted by Crippen LogP contribution is 2.24. The molecule has 2 aromatic heterocycles. The van der Waals surface area contributed by atoms with Crippen LogP contribution in [0.2, 0.25) is 0 Å². The Morgan fingerprint density at radius 3 is 2.88 bits per heavy atom. The molecule has 2 heterocycles. The first kappa shape index (κ1) is 14.4. The van der Waals surface area contributed by atoms with Crippen LogP contribution in [0.1, 0.15) is 11.1 Å². The zero-order valence-electron chi connectivity index (χ0n) is 13.2. The van der Waals surface area contributed by atoms with E-state index in [1.807, 2.05) is 49.4 Å². The third-order valence-electron chi connectivity index (χ3n) is 4.15. The molecular weight excluding hydrogens is 300 g/mol. The molecule has 0 aliphatic carbocycles. The summed E-state index contributed by atoms with van der Waals surface area (Å²) in [4.78, 5) is 23.4. The van der Waals surface area contributed by atoms with Crippen molar-refractivity contribution in [3.05, 3.63) is 76.3 Å². The van der Waals surface area contributed by atoms with Gasteiger partial charge in [-0.1, -0.05) is 30.3 Å². The number of nitrogens with zero attached hydrogens (tertiary/aromatic N) is 2. The molecular formula is C19H16N4O. The van der Waals surface area contributed by atoms with Gasteiger partial charge in [-0.3, -0.25) is 4.79 Å². The molecule has 5 heteroatoms. The monoisotopic (exact) mass is 316 g/mol. The van der Waals surface area contributed by atoms with E-state index >= 15 is 0 Å². The highest BCUT2D eigenvalue weighted by atomic mass is 16.1. The number of para-hydroxylation sites is 1. The summed E-state index contributed by atoms with van der Waals surface area (Å²) in [5.41, 5.74) is 3.70. The van der Waals surface area contributed by atoms with Crippen molar-refractivity contribution in [3.8, 4) is 0 Å². The molecule has 4 rings (SSSR count). The summed E-state index contributed by atoms with van der Waals surface area (Å²) in [6.07, 6.45) is 1.56. The fourth-order valence-corrected chi connectivity index (χ4v) is 3.02. The van der Waals surface area contributed by atoms with Gasteiger partial charge in [0.2, 0.25) is 5.56 Å². The Morgan fingerprint density at radius 2 is 1.96 bits per heavy atom. The van der Waals surface area contributed by atoms with Gasteiger partial charge in [0.15, 0.2) is 0 Å². The van der Waals surface area contributed by atoms with Crippen LogP contribution in [0.25, 0.3) is 21.8 Å². The number of benzene rings is 2. The van der Waals surface area contributed by atoms with Gasteiger partial charge >= 0.3 is 0 Å². The molecule has 0 bridgehead atoms. The molecule has 0 saturated heterocycles. The molecule has 4 aromatic rings. The van der Waals surface area contributed by atoms with Gasteiger partial charge in [-0.15, -0.1) is 0 Å². The molecule has 0 aliphatic rings. The van der Waals surface area contributed by atoms with E-state index in [9.17, 15) is 4.79 Å². The molecule has 0 atom stereocenters. The van der Waals surface area contributed by atoms with Crippen molar-refractivity contribution in [3.63, 3.8) is 0 Å². The Hall–Kier alpha value is -3.21. The van der Waals surface area contributed by atoms with E-state index in [1.54, 1.807) is 12.4 Å². The number of hydrogen-bond donors (Lipinski definition) is 2. The summed E-state index contributed by atoms with van der Waals surface area (Å²) in [5, 5.41) is 5.40. The Balaban J connectivity index is 1.75. The molecule has 2 N–H and O–H groups in total. The number of pyridine rings is 1. The Kier molecular flexibility index (Phi) is 3.46. The quantitative estimate of drug-likeness (QED) is 0.608. The van der Waals surface area contributed by atoms with Crippen molar-refractivity contribution in [1.82, 2.24) is 15.0 Å². The first-order valence-corrected chi connectivity index (χ1v) is 7.77. The molecule has 2 aromatic carbocycles. The topological polar surface area (TPSA) is 70.7 Å². The lowest BCUT2D eigenvalue weighted by Crippen LogP contribution is -2.10. The molecule has 5 nitrogen and oxygen atoms in total. The number of aryl methyl sites for hydroxylation is 1. The molecule has 0 spiro atoms. The van der Waals surface area contributed by atoms with E-state index < -0.39 is 0 Å². The second kappa shape index (κ2) is 5.77. The van der Waals surface area contributed by atoms with Crippen LogP contribution in [-0.4, -0.2) is 15.0 Å². The maximum absolute atomic E-state index is 11.9. The van der Waals surface area contributed by atoms with Gasteiger partial charge in [0.05, 0.1) is 5.52 Å². The van der Waals surface area contributed by atoms with Gasteiger partial charge in [-0.25, -0.2) is 9.97 Å². The minimum Gasteiger partial charge on any atom is -0.365 e. The first-order chi connectivity index (χ1) is 11.7. The number of fused-ring (bicyclic) bond motifs is 2. The van der Waals surface area contributed by atoms with E-state index in [0.29, 0.717) is 6.54 Å². The lowest BCUT2D eigenvalue weighted by molar-refractivity contribution is 1.10. The Bertz CT molecular complexity index is 1100. The fraction of sp³-hybridized carbons (Fsp3) is 0.105. The zero-order valence-corrected chi connectivity index (χ0v) is 13.2. The molecule has 0 saturated carbocycles. The lowest BCUT2D eigenvalue weighted by Gasteiger charge is -2.11. The summed E-state index contributed by atoms with van der Waals surface area (Å²) >= 11 is 0. The minimum absolute atomic E-state index is 0.103. The smallest absolute Gasteiger partial charge is 0.248 e. The summed E-state index contributed by atoms with van der Waals surface area (Å²) in [5.74, 6) is 0.780. The average molecular weight is 316 g/mol. The van der Waals surface area contributed by atoms with E-state index in [-0.39, 0.29) is 5.56 Å². The summed E-state index contributed by atoms with van der Waals surface area (Å²) in [6, 6.07) is 15.4. The number of rotatable bonds is 3. The third-order valence-corrected chi connectivity index (χ3v) is 4.15. The van der Waals surface area contributed by atoms with Gasteiger partial charge in [-0.05, 0) is 30.2 Å². The highest BCUT2D eigenvalue weighted by Gasteiger charge is 2.08. The van der Waals surface area contributed by atoms with Crippen LogP contribution in [-0.2, 0) is 6.54 Å². The van der Waals surface area contributed by atoms with Crippen LogP contribution < -0.4 is 10.9 Å². The number of nitrogens with one attached hydrogen (secondary N) is 2. The van der Waals surface area contributed by atoms with Crippen molar-refractivity contribution < 1.29 is 0 Å². The largest absolute Gasteiger partial charge is 0.365 e. The van der Waals surface area contributed by atoms with Gasteiger partial charge in [-0.2, -0.15) is 0 Å². The van der Waals surface area contributed by atoms with E-state index in [2.05, 4.69) is 20.3 Å². The number of aromatic nitrogens is 3. The predicted molar refractivity (Wildman–Crippen MR) is 96.2 cm³/mol. The van der Waals surface area contributed by atoms with E-state index in [1.165, 1.54) is 0 Å². The van der Waals surface area contributed by atoms with Gasteiger partial charge < -0.3 is 10.3 Å². The normalized spacial score (nSPS) is 11.0. The zero-order chi connectivity index (χ0) is 16.5. The molecule has 118 valence electrons. The standard InChI is InChI=1S/C19H16N4O/c1-12-5-4-8-16-18(12)19(22-11-21-16)20-10-13-9-17(24)23-15-7-3-2-6-14(13)15/h2-9,11H,10H2,1H3,(H,23,24)(H,20,21,22). The first-order valence-electron chi connectivity index (χ1n) is 7.77. The lowest BCUT2D eigenvalue weighted by atomic mass is 10.1. The minimum atomic E-state index is -0.103. The van der Waals surface area contributed by atoms with Crippen molar-refractivity contribution in [1.29, 1.82) is 0 Å². The van der Waals surface area contributed by atoms with Crippen molar-refractivity contribution in [2.24, 2.45) is 0 Å². The molecule has 0 unspecified atom stereocenters. The molecule has 0 radical (unpaired) electrons. The Morgan fingerprint density at radius 1 is 1.08 bits per heavy atom. The SMILES string of the molecule is Cc1cccc2ncnc(NCc3cc(=O)[nH]c4ccccc34)c12. The van der Waals surface area contributed by atoms with Crippen LogP contribution in [0.4, 0.5) is 5.82 Å². The van der Waals surface area contributed by atoms with Crippen LogP contribution in [0, 0.1) is 6.92 Å². The van der Waals surface area contributed by atoms with Gasteiger partial charge in [0.1, 0.15) is 12.1 Å². The van der Waals surface area contributed by atoms with Crippen LogP contribution in [0.15, 0.2) is 59.7 Å². The van der Waals surface area contributed by atoms with Crippen molar-refractivity contribution in [2.45, 2.75) is 13.5 Å². The van der Waals surface area contributed by atoms with Crippen LogP contribution in [0.5, 0.6) is 0 Å². The van der Waals surface area contributed by atoms with Crippen molar-refractivity contribution in [2.75, 3.05) is 5.32 Å². The molecule has 24 heavy (non-hydrogen) atoms. The second-order valence-corrected chi connectivity index (χ2v) is 5.75. The molecule has 0 fully saturated rings. The average Bonchev–Trinajstić information content (AvgIpc) is 2.59. The second-order valence-electron chi connectivity index (χ2n) is 5.75. The highest BCUT2D eigenvalue weighted by molar-refractivity contribution is 5.92. The fourth-order valence-electron chi connectivity index (χ4n) is 3.02. The van der Waals surface area contributed by atoms with Gasteiger partial charge in [0, 0.05) is 28.9 Å². The van der Waals surface area contributed by atoms with E-state index in [0.717, 1.165) is 38.8 Å². The summed E-state index contributed by atoms with van der Waals surface area (Å²) in [7, 11) is 0. The third kappa shape index (κ3) is 2.50. The number of hydrogen-bond acceptors (Lipinski definition) is 4. The maximum atomic E-state index is 11.9. The maximum Gasteiger partial charge on any atom is 0.248 e. The van der Waals surface area contributed by atoms with E-state index in [4.69, 9.17) is 0 Å². The van der Waals surface area contributed by atoms with Gasteiger partial charge in [0.25, 0.3) is 0 Å². The van der Waals surface area contributed by atoms with Crippen molar-refractivity contribution >= 4 is 27.6 Å². The molecule has 0 amide bonds. The summed E-state index contributed by atoms with van der Waals surface area (Å²) < 4.78 is 0. The number of H-pyrrole nitrogens is 1. The van der Waals surface area contributed by atoms with Crippen LogP contribution in [0.3, 0.4) is 0 Å².